The molecule has 2 aromatic rings. The van der Waals surface area contributed by atoms with E-state index in [0.29, 0.717) is 6.04 Å². The van der Waals surface area contributed by atoms with E-state index in [4.69, 9.17) is 11.6 Å². The Morgan fingerprint density at radius 3 is 2.85 bits per heavy atom. The van der Waals surface area contributed by atoms with Crippen LogP contribution in [0.25, 0.3) is 5.69 Å². The summed E-state index contributed by atoms with van der Waals surface area (Å²) in [6.45, 7) is 7.20. The average Bonchev–Trinajstić information content (AvgIpc) is 2.85. The van der Waals surface area contributed by atoms with Gasteiger partial charge in [0.05, 0.1) is 5.69 Å². The minimum Gasteiger partial charge on any atom is -0.310 e. The molecule has 0 radical (unpaired) electrons. The highest BCUT2D eigenvalue weighted by Crippen LogP contribution is 2.24. The summed E-state index contributed by atoms with van der Waals surface area (Å²) in [5, 5.41) is 4.24. The highest BCUT2D eigenvalue weighted by atomic mass is 35.5. The zero-order valence-electron chi connectivity index (χ0n) is 12.4. The van der Waals surface area contributed by atoms with E-state index < -0.39 is 0 Å². The highest BCUT2D eigenvalue weighted by Gasteiger charge is 2.12. The van der Waals surface area contributed by atoms with Gasteiger partial charge in [0.1, 0.15) is 5.82 Å². The molecule has 2 rings (SSSR count). The Kier molecular flexibility index (Phi) is 5.21. The molecule has 0 spiro atoms. The molecular weight excluding hydrogens is 270 g/mol. The molecule has 0 amide bonds. The van der Waals surface area contributed by atoms with Crippen LogP contribution in [-0.4, -0.2) is 15.6 Å². The fourth-order valence-electron chi connectivity index (χ4n) is 2.22. The van der Waals surface area contributed by atoms with Crippen molar-refractivity contribution < 1.29 is 0 Å². The van der Waals surface area contributed by atoms with E-state index in [-0.39, 0.29) is 0 Å². The average molecular weight is 292 g/mol. The molecule has 1 N–H and O–H groups in total. The minimum atomic E-state index is 0.428. The molecule has 1 heterocycles. The number of hydrogen-bond donors (Lipinski definition) is 1. The van der Waals surface area contributed by atoms with E-state index >= 15 is 0 Å². The second-order valence-corrected chi connectivity index (χ2v) is 5.64. The van der Waals surface area contributed by atoms with Crippen molar-refractivity contribution in [3.05, 3.63) is 47.0 Å². The number of halogens is 1. The zero-order valence-corrected chi connectivity index (χ0v) is 13.1. The van der Waals surface area contributed by atoms with Crippen molar-refractivity contribution in [2.24, 2.45) is 0 Å². The molecule has 3 nitrogen and oxygen atoms in total. The van der Waals surface area contributed by atoms with Gasteiger partial charge in [-0.2, -0.15) is 0 Å². The van der Waals surface area contributed by atoms with Gasteiger partial charge < -0.3 is 9.88 Å². The van der Waals surface area contributed by atoms with E-state index in [1.807, 2.05) is 24.5 Å². The van der Waals surface area contributed by atoms with Gasteiger partial charge in [-0.1, -0.05) is 38.4 Å². The number of aromatic nitrogens is 2. The Bertz CT molecular complexity index is 561. The monoisotopic (exact) mass is 291 g/mol. The molecule has 0 fully saturated rings. The lowest BCUT2D eigenvalue weighted by Gasteiger charge is -2.16. The summed E-state index contributed by atoms with van der Waals surface area (Å²) in [4.78, 5) is 4.45. The molecule has 0 atom stereocenters. The summed E-state index contributed by atoms with van der Waals surface area (Å²) in [6.07, 6.45) is 5.91. The van der Waals surface area contributed by atoms with Crippen LogP contribution >= 0.6 is 11.6 Å². The van der Waals surface area contributed by atoms with Gasteiger partial charge in [-0.15, -0.1) is 0 Å². The van der Waals surface area contributed by atoms with Crippen LogP contribution in [0, 0.1) is 0 Å². The van der Waals surface area contributed by atoms with Gasteiger partial charge in [-0.25, -0.2) is 4.98 Å². The molecule has 4 heteroatoms. The number of hydrogen-bond acceptors (Lipinski definition) is 2. The fourth-order valence-corrected chi connectivity index (χ4v) is 2.45. The smallest absolute Gasteiger partial charge is 0.113 e. The van der Waals surface area contributed by atoms with E-state index in [1.165, 1.54) is 0 Å². The van der Waals surface area contributed by atoms with Crippen molar-refractivity contribution in [3.63, 3.8) is 0 Å². The second kappa shape index (κ2) is 6.91. The first-order valence-corrected chi connectivity index (χ1v) is 7.54. The Labute approximate surface area is 126 Å². The van der Waals surface area contributed by atoms with Crippen LogP contribution in [-0.2, 0) is 13.0 Å². The lowest BCUT2D eigenvalue weighted by Crippen LogP contribution is -2.23. The predicted octanol–water partition coefficient (Wildman–Crippen LogP) is 3.98. The molecule has 0 aliphatic heterocycles. The predicted molar refractivity (Wildman–Crippen MR) is 84.5 cm³/mol. The molecule has 0 saturated carbocycles. The number of benzene rings is 1. The van der Waals surface area contributed by atoms with Crippen molar-refractivity contribution in [2.45, 2.75) is 46.2 Å². The van der Waals surface area contributed by atoms with E-state index in [0.717, 1.165) is 41.5 Å². The SMILES string of the molecule is CCCc1nccn1-c1cccc(Cl)c1CNC(C)C. The van der Waals surface area contributed by atoms with Gasteiger partial charge in [0.25, 0.3) is 0 Å². The number of nitrogens with one attached hydrogen (secondary N) is 1. The van der Waals surface area contributed by atoms with Crippen LogP contribution in [0.5, 0.6) is 0 Å². The number of imidazole rings is 1. The standard InChI is InChI=1S/C16H22ClN3/c1-4-6-16-18-9-10-20(16)15-8-5-7-14(17)13(15)11-19-12(2)3/h5,7-10,12,19H,4,6,11H2,1-3H3. The minimum absolute atomic E-state index is 0.428. The molecule has 1 aromatic carbocycles. The topological polar surface area (TPSA) is 29.9 Å². The molecule has 0 unspecified atom stereocenters. The van der Waals surface area contributed by atoms with Crippen molar-refractivity contribution in [1.82, 2.24) is 14.9 Å². The molecule has 1 aromatic heterocycles. The lowest BCUT2D eigenvalue weighted by molar-refractivity contribution is 0.587. The van der Waals surface area contributed by atoms with Gasteiger partial charge in [-0.3, -0.25) is 0 Å². The van der Waals surface area contributed by atoms with Crippen molar-refractivity contribution in [3.8, 4) is 5.69 Å². The molecule has 0 saturated heterocycles. The summed E-state index contributed by atoms with van der Waals surface area (Å²) in [7, 11) is 0. The van der Waals surface area contributed by atoms with Crippen LogP contribution in [0.15, 0.2) is 30.6 Å². The summed E-state index contributed by atoms with van der Waals surface area (Å²) in [5.74, 6) is 1.08. The molecular formula is C16H22ClN3. The summed E-state index contributed by atoms with van der Waals surface area (Å²) >= 11 is 6.39. The van der Waals surface area contributed by atoms with Gasteiger partial charge in [-0.05, 0) is 18.6 Å². The van der Waals surface area contributed by atoms with E-state index in [1.54, 1.807) is 0 Å². The maximum Gasteiger partial charge on any atom is 0.113 e. The number of nitrogens with zero attached hydrogens (tertiary/aromatic N) is 2. The first kappa shape index (κ1) is 15.1. The van der Waals surface area contributed by atoms with Crippen LogP contribution in [0.2, 0.25) is 5.02 Å². The first-order valence-electron chi connectivity index (χ1n) is 7.16. The summed E-state index contributed by atoms with van der Waals surface area (Å²) < 4.78 is 2.15. The molecule has 0 aliphatic rings. The third-order valence-electron chi connectivity index (χ3n) is 3.23. The first-order chi connectivity index (χ1) is 9.63. The third-order valence-corrected chi connectivity index (χ3v) is 3.59. The van der Waals surface area contributed by atoms with Crippen molar-refractivity contribution in [2.75, 3.05) is 0 Å². The Morgan fingerprint density at radius 1 is 1.35 bits per heavy atom. The quantitative estimate of drug-likeness (QED) is 0.872. The maximum absolute atomic E-state index is 6.39. The number of rotatable bonds is 6. The van der Waals surface area contributed by atoms with Crippen LogP contribution in [0.4, 0.5) is 0 Å². The molecule has 0 bridgehead atoms. The Hall–Kier alpha value is -1.32. The largest absolute Gasteiger partial charge is 0.310 e. The molecule has 0 aliphatic carbocycles. The van der Waals surface area contributed by atoms with Crippen LogP contribution < -0.4 is 5.32 Å². The fraction of sp³-hybridized carbons (Fsp3) is 0.438. The third kappa shape index (κ3) is 3.41. The van der Waals surface area contributed by atoms with Gasteiger partial charge in [0, 0.05) is 42.0 Å². The van der Waals surface area contributed by atoms with Gasteiger partial charge in [0.2, 0.25) is 0 Å². The van der Waals surface area contributed by atoms with Gasteiger partial charge in [0.15, 0.2) is 0 Å². The normalized spacial score (nSPS) is 11.2. The highest BCUT2D eigenvalue weighted by molar-refractivity contribution is 6.31. The van der Waals surface area contributed by atoms with E-state index in [2.05, 4.69) is 41.7 Å². The van der Waals surface area contributed by atoms with Crippen LogP contribution in [0.1, 0.15) is 38.6 Å². The van der Waals surface area contributed by atoms with Crippen LogP contribution in [0.3, 0.4) is 0 Å². The Balaban J connectivity index is 2.39. The number of aryl methyl sites for hydroxylation is 1. The Morgan fingerprint density at radius 2 is 2.15 bits per heavy atom. The molecule has 20 heavy (non-hydrogen) atoms. The van der Waals surface area contributed by atoms with Crippen molar-refractivity contribution >= 4 is 11.6 Å². The van der Waals surface area contributed by atoms with Gasteiger partial charge >= 0.3 is 0 Å². The lowest BCUT2D eigenvalue weighted by atomic mass is 10.1. The zero-order chi connectivity index (χ0) is 14.5. The summed E-state index contributed by atoms with van der Waals surface area (Å²) in [5.41, 5.74) is 2.24. The molecule has 108 valence electrons. The van der Waals surface area contributed by atoms with Crippen molar-refractivity contribution in [1.29, 1.82) is 0 Å². The maximum atomic E-state index is 6.39. The van der Waals surface area contributed by atoms with E-state index in [9.17, 15) is 0 Å². The summed E-state index contributed by atoms with van der Waals surface area (Å²) in [6, 6.07) is 6.46. The second-order valence-electron chi connectivity index (χ2n) is 5.24.